The first-order valence-corrected chi connectivity index (χ1v) is 11.0. The predicted molar refractivity (Wildman–Crippen MR) is 120 cm³/mol. The van der Waals surface area contributed by atoms with E-state index in [4.69, 9.17) is 21.1 Å². The van der Waals surface area contributed by atoms with Gasteiger partial charge in [-0.15, -0.1) is 0 Å². The number of methoxy groups -OCH3 is 2. The molecule has 1 heterocycles. The van der Waals surface area contributed by atoms with Crippen molar-refractivity contribution in [2.75, 3.05) is 27.3 Å². The summed E-state index contributed by atoms with van der Waals surface area (Å²) in [4.78, 5) is 14.6. The zero-order chi connectivity index (χ0) is 22.2. The Morgan fingerprint density at radius 3 is 2.84 bits per heavy atom. The lowest BCUT2D eigenvalue weighted by Gasteiger charge is -2.33. The van der Waals surface area contributed by atoms with Crippen LogP contribution in [0.1, 0.15) is 36.8 Å². The highest BCUT2D eigenvalue weighted by Crippen LogP contribution is 2.27. The molecule has 3 rings (SSSR count). The Morgan fingerprint density at radius 2 is 2.10 bits per heavy atom. The van der Waals surface area contributed by atoms with Crippen LogP contribution in [-0.4, -0.2) is 38.1 Å². The summed E-state index contributed by atoms with van der Waals surface area (Å²) in [6, 6.07) is 10.3. The summed E-state index contributed by atoms with van der Waals surface area (Å²) in [5, 5.41) is 3.44. The standard InChI is InChI=1S/C24H30ClFN2O3/c1-30-19-10-9-18(23(13-19)31-2)14-27-24(29)11-8-17-5-4-12-28(15-17)16-20-21(25)6-3-7-22(20)26/h3,6-7,9-10,13,17H,4-5,8,11-12,14-16H2,1-2H3,(H,27,29)/t17-/m1/s1. The highest BCUT2D eigenvalue weighted by atomic mass is 35.5. The minimum absolute atomic E-state index is 0.0205. The van der Waals surface area contributed by atoms with Crippen LogP contribution in [0, 0.1) is 11.7 Å². The van der Waals surface area contributed by atoms with Gasteiger partial charge >= 0.3 is 0 Å². The van der Waals surface area contributed by atoms with Gasteiger partial charge in [0.2, 0.25) is 5.91 Å². The van der Waals surface area contributed by atoms with Gasteiger partial charge in [-0.1, -0.05) is 17.7 Å². The zero-order valence-corrected chi connectivity index (χ0v) is 18.9. The van der Waals surface area contributed by atoms with Gasteiger partial charge < -0.3 is 14.8 Å². The molecule has 1 N–H and O–H groups in total. The average molecular weight is 449 g/mol. The molecule has 0 aliphatic carbocycles. The molecule has 31 heavy (non-hydrogen) atoms. The lowest BCUT2D eigenvalue weighted by Crippen LogP contribution is -2.36. The number of carbonyl (C=O) groups excluding carboxylic acids is 1. The van der Waals surface area contributed by atoms with Crippen LogP contribution >= 0.6 is 11.6 Å². The third-order valence-corrected chi connectivity index (χ3v) is 6.15. The molecule has 0 bridgehead atoms. The Kier molecular flexibility index (Phi) is 8.55. The number of benzene rings is 2. The van der Waals surface area contributed by atoms with Crippen LogP contribution in [0.2, 0.25) is 5.02 Å². The topological polar surface area (TPSA) is 50.8 Å². The van der Waals surface area contributed by atoms with E-state index in [0.717, 1.165) is 37.9 Å². The van der Waals surface area contributed by atoms with Gasteiger partial charge in [-0.05, 0) is 56.0 Å². The van der Waals surface area contributed by atoms with E-state index in [-0.39, 0.29) is 11.7 Å². The molecule has 5 nitrogen and oxygen atoms in total. The van der Waals surface area contributed by atoms with Crippen LogP contribution < -0.4 is 14.8 Å². The van der Waals surface area contributed by atoms with Crippen molar-refractivity contribution in [2.24, 2.45) is 5.92 Å². The van der Waals surface area contributed by atoms with Crippen molar-refractivity contribution in [3.8, 4) is 11.5 Å². The molecule has 7 heteroatoms. The van der Waals surface area contributed by atoms with Crippen molar-refractivity contribution in [2.45, 2.75) is 38.8 Å². The Labute approximate surface area is 188 Å². The Bertz CT molecular complexity index is 873. The summed E-state index contributed by atoms with van der Waals surface area (Å²) in [6.07, 6.45) is 3.41. The Hall–Kier alpha value is -2.31. The Balaban J connectivity index is 1.46. The second-order valence-corrected chi connectivity index (χ2v) is 8.34. The van der Waals surface area contributed by atoms with Crippen LogP contribution in [0.3, 0.4) is 0 Å². The third kappa shape index (κ3) is 6.58. The molecule has 1 fully saturated rings. The van der Waals surface area contributed by atoms with Crippen LogP contribution in [-0.2, 0) is 17.9 Å². The maximum absolute atomic E-state index is 14.1. The summed E-state index contributed by atoms with van der Waals surface area (Å²) in [6.45, 7) is 2.69. The van der Waals surface area contributed by atoms with Gasteiger partial charge in [-0.2, -0.15) is 0 Å². The van der Waals surface area contributed by atoms with Crippen molar-refractivity contribution in [3.05, 3.63) is 58.4 Å². The largest absolute Gasteiger partial charge is 0.497 e. The molecule has 168 valence electrons. The quantitative estimate of drug-likeness (QED) is 0.598. The second kappa shape index (κ2) is 11.3. The number of amides is 1. The number of hydrogen-bond acceptors (Lipinski definition) is 4. The molecule has 0 spiro atoms. The molecule has 2 aromatic rings. The fraction of sp³-hybridized carbons (Fsp3) is 0.458. The molecule has 1 aliphatic rings. The fourth-order valence-electron chi connectivity index (χ4n) is 4.05. The summed E-state index contributed by atoms with van der Waals surface area (Å²) in [5.41, 5.74) is 1.46. The monoisotopic (exact) mass is 448 g/mol. The highest BCUT2D eigenvalue weighted by molar-refractivity contribution is 6.31. The molecule has 1 amide bonds. The zero-order valence-electron chi connectivity index (χ0n) is 18.1. The normalized spacial score (nSPS) is 16.7. The fourth-order valence-corrected chi connectivity index (χ4v) is 4.28. The predicted octanol–water partition coefficient (Wildman–Crippen LogP) is 4.80. The van der Waals surface area contributed by atoms with E-state index in [0.29, 0.717) is 47.5 Å². The van der Waals surface area contributed by atoms with Gasteiger partial charge in [-0.25, -0.2) is 4.39 Å². The first-order chi connectivity index (χ1) is 15.0. The molecular weight excluding hydrogens is 419 g/mol. The van der Waals surface area contributed by atoms with Crippen molar-refractivity contribution < 1.29 is 18.7 Å². The van der Waals surface area contributed by atoms with E-state index >= 15 is 0 Å². The number of likely N-dealkylation sites (tertiary alicyclic amines) is 1. The second-order valence-electron chi connectivity index (χ2n) is 7.94. The Morgan fingerprint density at radius 1 is 1.26 bits per heavy atom. The molecule has 1 saturated heterocycles. The van der Waals surface area contributed by atoms with Crippen molar-refractivity contribution in [1.82, 2.24) is 10.2 Å². The molecule has 0 saturated carbocycles. The molecule has 1 aliphatic heterocycles. The van der Waals surface area contributed by atoms with Gasteiger partial charge in [0.15, 0.2) is 0 Å². The van der Waals surface area contributed by atoms with Gasteiger partial charge in [-0.3, -0.25) is 9.69 Å². The number of nitrogens with one attached hydrogen (secondary N) is 1. The van der Waals surface area contributed by atoms with Gasteiger partial charge in [0, 0.05) is 48.3 Å². The number of piperidine rings is 1. The summed E-state index contributed by atoms with van der Waals surface area (Å²) < 4.78 is 24.7. The van der Waals surface area contributed by atoms with E-state index in [1.807, 2.05) is 12.1 Å². The van der Waals surface area contributed by atoms with Crippen LogP contribution in [0.25, 0.3) is 0 Å². The van der Waals surface area contributed by atoms with Crippen molar-refractivity contribution >= 4 is 17.5 Å². The van der Waals surface area contributed by atoms with Crippen molar-refractivity contribution in [1.29, 1.82) is 0 Å². The molecule has 0 unspecified atom stereocenters. The van der Waals surface area contributed by atoms with Crippen LogP contribution in [0.5, 0.6) is 11.5 Å². The minimum Gasteiger partial charge on any atom is -0.497 e. The third-order valence-electron chi connectivity index (χ3n) is 5.80. The number of rotatable bonds is 9. The minimum atomic E-state index is -0.261. The number of halogens is 2. The SMILES string of the molecule is COc1ccc(CNC(=O)CC[C@H]2CCCN(Cc3c(F)cccc3Cl)C2)c(OC)c1. The number of nitrogens with zero attached hydrogens (tertiary/aromatic N) is 1. The lowest BCUT2D eigenvalue weighted by atomic mass is 9.93. The lowest BCUT2D eigenvalue weighted by molar-refractivity contribution is -0.121. The summed E-state index contributed by atoms with van der Waals surface area (Å²) >= 11 is 6.18. The molecule has 1 atom stereocenters. The van der Waals surface area contributed by atoms with E-state index < -0.39 is 0 Å². The van der Waals surface area contributed by atoms with E-state index in [1.54, 1.807) is 32.4 Å². The van der Waals surface area contributed by atoms with E-state index in [9.17, 15) is 9.18 Å². The molecular formula is C24H30ClFN2O3. The van der Waals surface area contributed by atoms with E-state index in [1.165, 1.54) is 6.07 Å². The first kappa shape index (κ1) is 23.4. The van der Waals surface area contributed by atoms with Gasteiger partial charge in [0.25, 0.3) is 0 Å². The van der Waals surface area contributed by atoms with Gasteiger partial charge in [0.05, 0.1) is 14.2 Å². The maximum atomic E-state index is 14.1. The molecule has 0 radical (unpaired) electrons. The number of ether oxygens (including phenoxy) is 2. The van der Waals surface area contributed by atoms with Gasteiger partial charge in [0.1, 0.15) is 17.3 Å². The smallest absolute Gasteiger partial charge is 0.220 e. The van der Waals surface area contributed by atoms with Crippen LogP contribution in [0.15, 0.2) is 36.4 Å². The summed E-state index contributed by atoms with van der Waals surface area (Å²) in [7, 11) is 3.21. The number of hydrogen-bond donors (Lipinski definition) is 1. The number of carbonyl (C=O) groups is 1. The van der Waals surface area contributed by atoms with E-state index in [2.05, 4.69) is 10.2 Å². The molecule has 2 aromatic carbocycles. The highest BCUT2D eigenvalue weighted by Gasteiger charge is 2.22. The average Bonchev–Trinajstić information content (AvgIpc) is 2.79. The molecule has 0 aromatic heterocycles. The summed E-state index contributed by atoms with van der Waals surface area (Å²) in [5.74, 6) is 1.58. The maximum Gasteiger partial charge on any atom is 0.220 e. The van der Waals surface area contributed by atoms with Crippen LogP contribution in [0.4, 0.5) is 4.39 Å². The first-order valence-electron chi connectivity index (χ1n) is 10.6. The van der Waals surface area contributed by atoms with Crippen molar-refractivity contribution in [3.63, 3.8) is 0 Å².